The molecule has 1 fully saturated rings. The lowest BCUT2D eigenvalue weighted by molar-refractivity contribution is -0.0161. The zero-order chi connectivity index (χ0) is 10.4. The molecule has 0 saturated carbocycles. The average Bonchev–Trinajstić information content (AvgIpc) is 2.19. The van der Waals surface area contributed by atoms with Crippen LogP contribution in [0.5, 0.6) is 0 Å². The standard InChI is InChI=1S/C9H20N4O.HI/c1-10-9(11-2)12-6-8-7-13(3)4-5-14-8;/h8H,4-7H2,1-3H3,(H2,10,11,12);1H. The highest BCUT2D eigenvalue weighted by molar-refractivity contribution is 14.0. The first-order chi connectivity index (χ1) is 6.76. The van der Waals surface area contributed by atoms with Crippen molar-refractivity contribution in [3.63, 3.8) is 0 Å². The summed E-state index contributed by atoms with van der Waals surface area (Å²) in [6.07, 6.45) is 0.263. The molecule has 2 N–H and O–H groups in total. The van der Waals surface area contributed by atoms with E-state index in [1.807, 2.05) is 7.05 Å². The Labute approximate surface area is 109 Å². The molecule has 0 aromatic heterocycles. The number of nitrogens with one attached hydrogen (secondary N) is 2. The largest absolute Gasteiger partial charge is 0.374 e. The van der Waals surface area contributed by atoms with Gasteiger partial charge in [0.15, 0.2) is 5.96 Å². The van der Waals surface area contributed by atoms with Gasteiger partial charge in [-0.3, -0.25) is 4.99 Å². The van der Waals surface area contributed by atoms with Crippen LogP contribution in [0.15, 0.2) is 4.99 Å². The van der Waals surface area contributed by atoms with Crippen LogP contribution in [0.1, 0.15) is 0 Å². The van der Waals surface area contributed by atoms with E-state index in [1.165, 1.54) is 0 Å². The molecule has 1 rings (SSSR count). The Kier molecular flexibility index (Phi) is 8.07. The lowest BCUT2D eigenvalue weighted by Crippen LogP contribution is -2.47. The quantitative estimate of drug-likeness (QED) is 0.416. The van der Waals surface area contributed by atoms with E-state index in [9.17, 15) is 0 Å². The van der Waals surface area contributed by atoms with Crippen molar-refractivity contribution in [2.45, 2.75) is 6.10 Å². The van der Waals surface area contributed by atoms with Gasteiger partial charge in [0.25, 0.3) is 0 Å². The van der Waals surface area contributed by atoms with E-state index in [0.29, 0.717) is 0 Å². The monoisotopic (exact) mass is 328 g/mol. The first-order valence-corrected chi connectivity index (χ1v) is 4.94. The zero-order valence-corrected chi connectivity index (χ0v) is 11.9. The number of ether oxygens (including phenoxy) is 1. The topological polar surface area (TPSA) is 48.9 Å². The average molecular weight is 328 g/mol. The van der Waals surface area contributed by atoms with E-state index in [1.54, 1.807) is 7.05 Å². The molecule has 1 heterocycles. The third-order valence-electron chi connectivity index (χ3n) is 2.30. The van der Waals surface area contributed by atoms with Crippen LogP contribution in [-0.4, -0.2) is 64.3 Å². The molecule has 0 spiro atoms. The molecule has 0 radical (unpaired) electrons. The molecule has 0 bridgehead atoms. The number of guanidine groups is 1. The van der Waals surface area contributed by atoms with Crippen LogP contribution in [0.25, 0.3) is 0 Å². The Balaban J connectivity index is 0.00000196. The molecule has 90 valence electrons. The van der Waals surface area contributed by atoms with Crippen LogP contribution in [-0.2, 0) is 4.74 Å². The maximum absolute atomic E-state index is 5.60. The second kappa shape index (κ2) is 8.12. The number of aliphatic imine (C=N–C) groups is 1. The lowest BCUT2D eigenvalue weighted by Gasteiger charge is -2.30. The minimum atomic E-state index is 0. The first kappa shape index (κ1) is 14.9. The van der Waals surface area contributed by atoms with Gasteiger partial charge < -0.3 is 20.3 Å². The summed E-state index contributed by atoms with van der Waals surface area (Å²) in [7, 11) is 5.72. The molecule has 1 saturated heterocycles. The van der Waals surface area contributed by atoms with Gasteiger partial charge >= 0.3 is 0 Å². The molecular weight excluding hydrogens is 307 g/mol. The number of likely N-dealkylation sites (N-methyl/N-ethyl adjacent to an activating group) is 1. The number of morpholine rings is 1. The van der Waals surface area contributed by atoms with Gasteiger partial charge in [-0.15, -0.1) is 24.0 Å². The molecule has 0 amide bonds. The van der Waals surface area contributed by atoms with Crippen molar-refractivity contribution < 1.29 is 4.74 Å². The van der Waals surface area contributed by atoms with Crippen molar-refractivity contribution in [2.24, 2.45) is 4.99 Å². The Morgan fingerprint density at radius 1 is 1.60 bits per heavy atom. The summed E-state index contributed by atoms with van der Waals surface area (Å²) in [5.41, 5.74) is 0. The second-order valence-corrected chi connectivity index (χ2v) is 3.46. The number of nitrogens with zero attached hydrogens (tertiary/aromatic N) is 2. The third kappa shape index (κ3) is 5.53. The SMILES string of the molecule is CN=C(NC)NCC1CN(C)CCO1.I. The van der Waals surface area contributed by atoms with Crippen LogP contribution >= 0.6 is 24.0 Å². The third-order valence-corrected chi connectivity index (χ3v) is 2.30. The van der Waals surface area contributed by atoms with Gasteiger partial charge in [0.1, 0.15) is 0 Å². The number of rotatable bonds is 2. The summed E-state index contributed by atoms with van der Waals surface area (Å²) >= 11 is 0. The van der Waals surface area contributed by atoms with Gasteiger partial charge in [-0.05, 0) is 7.05 Å². The molecule has 1 atom stereocenters. The molecule has 0 aromatic rings. The van der Waals surface area contributed by atoms with Crippen molar-refractivity contribution in [1.29, 1.82) is 0 Å². The maximum Gasteiger partial charge on any atom is 0.190 e. The van der Waals surface area contributed by atoms with E-state index < -0.39 is 0 Å². The highest BCUT2D eigenvalue weighted by Gasteiger charge is 2.17. The fourth-order valence-electron chi connectivity index (χ4n) is 1.48. The first-order valence-electron chi connectivity index (χ1n) is 4.94. The van der Waals surface area contributed by atoms with Gasteiger partial charge in [0.2, 0.25) is 0 Å². The van der Waals surface area contributed by atoms with Gasteiger partial charge in [0.05, 0.1) is 12.7 Å². The fourth-order valence-corrected chi connectivity index (χ4v) is 1.48. The molecular formula is C9H21IN4O. The smallest absolute Gasteiger partial charge is 0.190 e. The highest BCUT2D eigenvalue weighted by atomic mass is 127. The van der Waals surface area contributed by atoms with E-state index in [2.05, 4.69) is 27.6 Å². The van der Waals surface area contributed by atoms with Crippen molar-refractivity contribution in [1.82, 2.24) is 15.5 Å². The zero-order valence-electron chi connectivity index (χ0n) is 9.62. The van der Waals surface area contributed by atoms with Gasteiger partial charge in [-0.2, -0.15) is 0 Å². The Morgan fingerprint density at radius 3 is 2.87 bits per heavy atom. The molecule has 5 nitrogen and oxygen atoms in total. The normalized spacial score (nSPS) is 23.1. The van der Waals surface area contributed by atoms with Crippen LogP contribution in [0.3, 0.4) is 0 Å². The van der Waals surface area contributed by atoms with Crippen molar-refractivity contribution in [2.75, 3.05) is 47.4 Å². The van der Waals surface area contributed by atoms with E-state index in [4.69, 9.17) is 4.74 Å². The minimum absolute atomic E-state index is 0. The maximum atomic E-state index is 5.60. The summed E-state index contributed by atoms with van der Waals surface area (Å²) in [5.74, 6) is 0.807. The van der Waals surface area contributed by atoms with Crippen LogP contribution in [0.2, 0.25) is 0 Å². The minimum Gasteiger partial charge on any atom is -0.374 e. The molecule has 6 heteroatoms. The van der Waals surface area contributed by atoms with E-state index in [0.717, 1.165) is 32.2 Å². The number of hydrogen-bond acceptors (Lipinski definition) is 3. The van der Waals surface area contributed by atoms with Crippen LogP contribution in [0, 0.1) is 0 Å². The molecule has 0 aromatic carbocycles. The summed E-state index contributed by atoms with van der Waals surface area (Å²) in [4.78, 5) is 6.31. The summed E-state index contributed by atoms with van der Waals surface area (Å²) in [6.45, 7) is 3.63. The summed E-state index contributed by atoms with van der Waals surface area (Å²) in [5, 5.41) is 6.17. The highest BCUT2D eigenvalue weighted by Crippen LogP contribution is 2.01. The predicted octanol–water partition coefficient (Wildman–Crippen LogP) is -0.270. The van der Waals surface area contributed by atoms with Crippen LogP contribution < -0.4 is 10.6 Å². The van der Waals surface area contributed by atoms with E-state index in [-0.39, 0.29) is 30.1 Å². The number of hydrogen-bond donors (Lipinski definition) is 2. The fraction of sp³-hybridized carbons (Fsp3) is 0.889. The van der Waals surface area contributed by atoms with Gasteiger partial charge in [-0.25, -0.2) is 0 Å². The van der Waals surface area contributed by atoms with Crippen LogP contribution in [0.4, 0.5) is 0 Å². The molecule has 1 unspecified atom stereocenters. The number of halogens is 1. The van der Waals surface area contributed by atoms with E-state index >= 15 is 0 Å². The second-order valence-electron chi connectivity index (χ2n) is 3.46. The summed E-state index contributed by atoms with van der Waals surface area (Å²) in [6, 6.07) is 0. The molecule has 15 heavy (non-hydrogen) atoms. The van der Waals surface area contributed by atoms with Gasteiger partial charge in [0, 0.05) is 33.7 Å². The molecule has 1 aliphatic heterocycles. The van der Waals surface area contributed by atoms with Gasteiger partial charge in [-0.1, -0.05) is 0 Å². The van der Waals surface area contributed by atoms with Crippen molar-refractivity contribution in [3.8, 4) is 0 Å². The molecule has 0 aliphatic carbocycles. The molecule has 1 aliphatic rings. The lowest BCUT2D eigenvalue weighted by atomic mass is 10.3. The Bertz CT molecular complexity index is 201. The predicted molar refractivity (Wildman–Crippen MR) is 73.1 cm³/mol. The Morgan fingerprint density at radius 2 is 2.33 bits per heavy atom. The van der Waals surface area contributed by atoms with Crippen molar-refractivity contribution >= 4 is 29.9 Å². The summed E-state index contributed by atoms with van der Waals surface area (Å²) < 4.78 is 5.60. The Hall–Kier alpha value is -0.0800. The van der Waals surface area contributed by atoms with Crippen molar-refractivity contribution in [3.05, 3.63) is 0 Å².